The van der Waals surface area contributed by atoms with Crippen LogP contribution >= 0.6 is 0 Å². The zero-order chi connectivity index (χ0) is 12.3. The summed E-state index contributed by atoms with van der Waals surface area (Å²) in [6.07, 6.45) is 8.51. The van der Waals surface area contributed by atoms with Crippen molar-refractivity contribution >= 4 is 5.57 Å². The van der Waals surface area contributed by atoms with E-state index in [1.165, 1.54) is 16.7 Å². The molecule has 0 heterocycles. The van der Waals surface area contributed by atoms with Crippen LogP contribution in [0.25, 0.3) is 5.57 Å². The van der Waals surface area contributed by atoms with E-state index in [4.69, 9.17) is 0 Å². The van der Waals surface area contributed by atoms with Crippen LogP contribution in [-0.2, 0) is 0 Å². The molecule has 1 heteroatoms. The van der Waals surface area contributed by atoms with Crippen LogP contribution in [0.15, 0.2) is 53.6 Å². The fraction of sp³-hybridized carbons (Fsp3) is 0.250. The van der Waals surface area contributed by atoms with Gasteiger partial charge in [0.05, 0.1) is 0 Å². The molecule has 1 aromatic carbocycles. The number of aromatic hydroxyl groups is 1. The average Bonchev–Trinajstić information content (AvgIpc) is 2.38. The second kappa shape index (κ2) is 5.05. The van der Waals surface area contributed by atoms with Crippen LogP contribution in [0.3, 0.4) is 0 Å². The number of phenols is 1. The van der Waals surface area contributed by atoms with E-state index < -0.39 is 0 Å². The molecule has 0 unspecified atom stereocenters. The maximum Gasteiger partial charge on any atom is 0.123 e. The van der Waals surface area contributed by atoms with Gasteiger partial charge in [-0.25, -0.2) is 0 Å². The number of benzene rings is 1. The van der Waals surface area contributed by atoms with E-state index in [9.17, 15) is 5.11 Å². The maximum atomic E-state index is 9.92. The minimum atomic E-state index is 0.363. The average molecular weight is 226 g/mol. The number of para-hydroxylation sites is 1. The lowest BCUT2D eigenvalue weighted by Crippen LogP contribution is -1.99. The Morgan fingerprint density at radius 1 is 1.12 bits per heavy atom. The maximum absolute atomic E-state index is 9.92. The van der Waals surface area contributed by atoms with Gasteiger partial charge in [0.15, 0.2) is 0 Å². The summed E-state index contributed by atoms with van der Waals surface area (Å²) in [6.45, 7) is 4.14. The molecule has 0 aliphatic heterocycles. The highest BCUT2D eigenvalue weighted by molar-refractivity contribution is 5.83. The number of allylic oxidation sites excluding steroid dienone is 6. The minimum Gasteiger partial charge on any atom is -0.507 e. The van der Waals surface area contributed by atoms with Crippen LogP contribution in [0.1, 0.15) is 32.3 Å². The molecule has 0 bridgehead atoms. The molecule has 0 amide bonds. The van der Waals surface area contributed by atoms with Crippen LogP contribution < -0.4 is 0 Å². The highest BCUT2D eigenvalue weighted by Crippen LogP contribution is 2.37. The van der Waals surface area contributed by atoms with E-state index in [0.29, 0.717) is 5.75 Å². The summed E-state index contributed by atoms with van der Waals surface area (Å²) in [6, 6.07) is 7.54. The molecule has 0 radical (unpaired) electrons. The van der Waals surface area contributed by atoms with Gasteiger partial charge in [-0.3, -0.25) is 0 Å². The van der Waals surface area contributed by atoms with Crippen molar-refractivity contribution in [2.24, 2.45) is 0 Å². The van der Waals surface area contributed by atoms with Gasteiger partial charge < -0.3 is 5.11 Å². The van der Waals surface area contributed by atoms with Crippen LogP contribution in [0.2, 0.25) is 0 Å². The molecule has 1 aliphatic rings. The molecule has 0 atom stereocenters. The smallest absolute Gasteiger partial charge is 0.123 e. The van der Waals surface area contributed by atoms with Crippen molar-refractivity contribution < 1.29 is 5.11 Å². The third-order valence-electron chi connectivity index (χ3n) is 3.28. The lowest BCUT2D eigenvalue weighted by Gasteiger charge is -2.20. The predicted octanol–water partition coefficient (Wildman–Crippen LogP) is 4.46. The first kappa shape index (κ1) is 11.7. The second-order valence-electron chi connectivity index (χ2n) is 4.28. The Kier molecular flexibility index (Phi) is 3.48. The molecule has 0 fully saturated rings. The summed E-state index contributed by atoms with van der Waals surface area (Å²) in [7, 11) is 0. The standard InChI is InChI=1S/C16H18O/c1-3-12-9-10-14(13(4-2)11-12)15-7-5-6-8-16(15)17/h3-8,10,17H,9,11H2,1-2H3. The Bertz CT molecular complexity index is 504. The number of phenolic OH excluding ortho intramolecular Hbond substituents is 1. The monoisotopic (exact) mass is 226 g/mol. The lowest BCUT2D eigenvalue weighted by molar-refractivity contribution is 0.473. The Labute approximate surface area is 103 Å². The Balaban J connectivity index is 2.45. The van der Waals surface area contributed by atoms with E-state index in [-0.39, 0.29) is 0 Å². The molecule has 0 saturated heterocycles. The Hall–Kier alpha value is -1.76. The highest BCUT2D eigenvalue weighted by Gasteiger charge is 2.16. The summed E-state index contributed by atoms with van der Waals surface area (Å²) in [5.74, 6) is 0.363. The molecule has 17 heavy (non-hydrogen) atoms. The second-order valence-corrected chi connectivity index (χ2v) is 4.28. The van der Waals surface area contributed by atoms with Crippen LogP contribution in [0, 0.1) is 0 Å². The van der Waals surface area contributed by atoms with Gasteiger partial charge in [-0.2, -0.15) is 0 Å². The zero-order valence-corrected chi connectivity index (χ0v) is 10.4. The van der Waals surface area contributed by atoms with Crippen molar-refractivity contribution in [1.29, 1.82) is 0 Å². The van der Waals surface area contributed by atoms with Crippen molar-refractivity contribution in [3.63, 3.8) is 0 Å². The van der Waals surface area contributed by atoms with Gasteiger partial charge in [0.2, 0.25) is 0 Å². The first-order valence-corrected chi connectivity index (χ1v) is 6.04. The third-order valence-corrected chi connectivity index (χ3v) is 3.28. The molecular weight excluding hydrogens is 208 g/mol. The molecule has 0 spiro atoms. The number of hydrogen-bond acceptors (Lipinski definition) is 1. The minimum absolute atomic E-state index is 0.363. The molecule has 1 N–H and O–H groups in total. The third kappa shape index (κ3) is 2.33. The molecule has 1 aliphatic carbocycles. The molecule has 0 aromatic heterocycles. The van der Waals surface area contributed by atoms with E-state index in [1.54, 1.807) is 6.07 Å². The Morgan fingerprint density at radius 3 is 2.53 bits per heavy atom. The summed E-state index contributed by atoms with van der Waals surface area (Å²) in [4.78, 5) is 0. The first-order chi connectivity index (χ1) is 8.26. The van der Waals surface area contributed by atoms with Gasteiger partial charge in [0, 0.05) is 5.56 Å². The van der Waals surface area contributed by atoms with Gasteiger partial charge in [-0.05, 0) is 43.9 Å². The number of rotatable bonds is 1. The van der Waals surface area contributed by atoms with Crippen molar-refractivity contribution in [2.75, 3.05) is 0 Å². The zero-order valence-electron chi connectivity index (χ0n) is 10.4. The first-order valence-electron chi connectivity index (χ1n) is 6.04. The van der Waals surface area contributed by atoms with E-state index >= 15 is 0 Å². The fourth-order valence-corrected chi connectivity index (χ4v) is 2.24. The van der Waals surface area contributed by atoms with Crippen LogP contribution in [0.4, 0.5) is 0 Å². The number of hydrogen-bond donors (Lipinski definition) is 1. The van der Waals surface area contributed by atoms with Crippen LogP contribution in [-0.4, -0.2) is 5.11 Å². The molecule has 88 valence electrons. The Morgan fingerprint density at radius 2 is 1.88 bits per heavy atom. The highest BCUT2D eigenvalue weighted by atomic mass is 16.3. The summed E-state index contributed by atoms with van der Waals surface area (Å²) < 4.78 is 0. The van der Waals surface area contributed by atoms with Gasteiger partial charge in [-0.15, -0.1) is 0 Å². The van der Waals surface area contributed by atoms with Crippen molar-refractivity contribution in [2.45, 2.75) is 26.7 Å². The van der Waals surface area contributed by atoms with Crippen molar-refractivity contribution in [3.8, 4) is 5.75 Å². The summed E-state index contributed by atoms with van der Waals surface area (Å²) >= 11 is 0. The van der Waals surface area contributed by atoms with Crippen molar-refractivity contribution in [3.05, 3.63) is 59.2 Å². The topological polar surface area (TPSA) is 20.2 Å². The fourth-order valence-electron chi connectivity index (χ4n) is 2.24. The molecule has 2 rings (SSSR count). The van der Waals surface area contributed by atoms with Gasteiger partial charge in [-0.1, -0.05) is 42.0 Å². The van der Waals surface area contributed by atoms with E-state index in [0.717, 1.165) is 18.4 Å². The van der Waals surface area contributed by atoms with Gasteiger partial charge in [0.25, 0.3) is 0 Å². The molecule has 1 nitrogen and oxygen atoms in total. The van der Waals surface area contributed by atoms with Gasteiger partial charge in [0.1, 0.15) is 5.75 Å². The lowest BCUT2D eigenvalue weighted by atomic mass is 9.85. The molecular formula is C16H18O. The van der Waals surface area contributed by atoms with E-state index in [1.807, 2.05) is 18.2 Å². The van der Waals surface area contributed by atoms with Crippen LogP contribution in [0.5, 0.6) is 5.75 Å². The van der Waals surface area contributed by atoms with Gasteiger partial charge >= 0.3 is 0 Å². The molecule has 0 saturated carbocycles. The predicted molar refractivity (Wildman–Crippen MR) is 72.8 cm³/mol. The molecule has 1 aromatic rings. The summed E-state index contributed by atoms with van der Waals surface area (Å²) in [5.41, 5.74) is 4.86. The van der Waals surface area contributed by atoms with E-state index in [2.05, 4.69) is 32.1 Å². The largest absolute Gasteiger partial charge is 0.507 e. The van der Waals surface area contributed by atoms with Crippen molar-refractivity contribution in [1.82, 2.24) is 0 Å². The normalized spacial score (nSPS) is 20.7. The quantitative estimate of drug-likeness (QED) is 0.701. The summed E-state index contributed by atoms with van der Waals surface area (Å²) in [5, 5.41) is 9.92. The SMILES string of the molecule is CC=C1CC=C(c2ccccc2O)C(=CC)C1.